The molecule has 0 N–H and O–H groups in total. The molecule has 3 heterocycles. The van der Waals surface area contributed by atoms with Gasteiger partial charge in [-0.3, -0.25) is 0 Å². The lowest BCUT2D eigenvalue weighted by Gasteiger charge is -2.14. The first kappa shape index (κ1) is 29.8. The molecule has 0 radical (unpaired) electrons. The van der Waals surface area contributed by atoms with Crippen molar-refractivity contribution in [3.05, 3.63) is 182 Å². The van der Waals surface area contributed by atoms with Gasteiger partial charge in [-0.25, -0.2) is 19.9 Å². The first-order chi connectivity index (χ1) is 25.8. The number of hydrogen-bond donors (Lipinski definition) is 0. The monoisotopic (exact) mass is 662 g/mol. The summed E-state index contributed by atoms with van der Waals surface area (Å²) in [5.74, 6) is 0.713. The van der Waals surface area contributed by atoms with Gasteiger partial charge in [0.15, 0.2) is 5.82 Å². The number of aromatic nitrogens is 4. The highest BCUT2D eigenvalue weighted by Gasteiger charge is 2.16. The molecule has 0 atom stereocenters. The maximum Gasteiger partial charge on any atom is 0.160 e. The van der Waals surface area contributed by atoms with Crippen molar-refractivity contribution in [2.45, 2.75) is 0 Å². The molecule has 0 spiro atoms. The molecule has 0 saturated heterocycles. The van der Waals surface area contributed by atoms with E-state index in [1.165, 1.54) is 0 Å². The Hall–Kier alpha value is -7.04. The molecule has 0 fully saturated rings. The van der Waals surface area contributed by atoms with E-state index in [0.717, 1.165) is 93.9 Å². The first-order valence-corrected chi connectivity index (χ1v) is 17.5. The lowest BCUT2D eigenvalue weighted by Crippen LogP contribution is -1.95. The van der Waals surface area contributed by atoms with Gasteiger partial charge in [-0.15, -0.1) is 0 Å². The van der Waals surface area contributed by atoms with Crippen LogP contribution in [0.4, 0.5) is 0 Å². The summed E-state index contributed by atoms with van der Waals surface area (Å²) in [7, 11) is 0. The summed E-state index contributed by atoms with van der Waals surface area (Å²) in [5.41, 5.74) is 12.1. The van der Waals surface area contributed by atoms with E-state index in [2.05, 4.69) is 146 Å². The third-order valence-electron chi connectivity index (χ3n) is 9.88. The molecular weight excluding hydrogens is 633 g/mol. The Bertz CT molecular complexity index is 2920. The quantitative estimate of drug-likeness (QED) is 0.172. The smallest absolute Gasteiger partial charge is 0.160 e. The first-order valence-electron chi connectivity index (χ1n) is 17.5. The molecule has 10 aromatic rings. The fourth-order valence-electron chi connectivity index (χ4n) is 7.26. The summed E-state index contributed by atoms with van der Waals surface area (Å²) in [6.45, 7) is 0. The largest absolute Gasteiger partial charge is 0.247 e. The van der Waals surface area contributed by atoms with Crippen LogP contribution in [-0.4, -0.2) is 19.9 Å². The third-order valence-corrected chi connectivity index (χ3v) is 9.88. The summed E-state index contributed by atoms with van der Waals surface area (Å²) in [6, 6.07) is 63.2. The molecule has 0 aliphatic carbocycles. The Kier molecular flexibility index (Phi) is 7.10. The van der Waals surface area contributed by atoms with E-state index in [1.54, 1.807) is 0 Å². The molecule has 7 aromatic carbocycles. The van der Waals surface area contributed by atoms with Crippen LogP contribution in [0.25, 0.3) is 99.8 Å². The fourth-order valence-corrected chi connectivity index (χ4v) is 7.26. The second-order valence-corrected chi connectivity index (χ2v) is 13.0. The van der Waals surface area contributed by atoms with Crippen LogP contribution in [-0.2, 0) is 0 Å². The number of fused-ring (bicyclic) bond motifs is 6. The highest BCUT2D eigenvalue weighted by atomic mass is 14.9. The zero-order chi connectivity index (χ0) is 34.4. The van der Waals surface area contributed by atoms with Crippen molar-refractivity contribution < 1.29 is 0 Å². The van der Waals surface area contributed by atoms with E-state index in [4.69, 9.17) is 19.9 Å². The summed E-state index contributed by atoms with van der Waals surface area (Å²) in [6.07, 6.45) is 0. The van der Waals surface area contributed by atoms with Gasteiger partial charge >= 0.3 is 0 Å². The lowest BCUT2D eigenvalue weighted by molar-refractivity contribution is 1.23. The predicted molar refractivity (Wildman–Crippen MR) is 215 cm³/mol. The average Bonchev–Trinajstić information content (AvgIpc) is 3.23. The Morgan fingerprint density at radius 2 is 0.827 bits per heavy atom. The van der Waals surface area contributed by atoms with Gasteiger partial charge in [0.25, 0.3) is 0 Å². The van der Waals surface area contributed by atoms with E-state index < -0.39 is 0 Å². The van der Waals surface area contributed by atoms with Crippen LogP contribution >= 0.6 is 0 Å². The van der Waals surface area contributed by atoms with Gasteiger partial charge in [-0.1, -0.05) is 164 Å². The number of benzene rings is 7. The average molecular weight is 663 g/mol. The molecule has 0 aliphatic rings. The standard InChI is InChI=1S/C48H30N4/c1-3-11-33(12-4-1)41-30-28-36-27-29-39-38-15-7-9-17-42(38)50-47(44(39)46(36)49-41)35-23-19-31(20-24-35)32-21-25-37(26-22-32)48-51-43-18-10-8-16-40(43)45(52-48)34-13-5-2-6-14-34/h1-30H. The third kappa shape index (κ3) is 5.17. The topological polar surface area (TPSA) is 51.6 Å². The molecule has 0 amide bonds. The Morgan fingerprint density at radius 1 is 0.288 bits per heavy atom. The Labute approximate surface area is 300 Å². The summed E-state index contributed by atoms with van der Waals surface area (Å²) in [5, 5.41) is 5.47. The fraction of sp³-hybridized carbons (Fsp3) is 0. The molecule has 0 bridgehead atoms. The van der Waals surface area contributed by atoms with E-state index in [-0.39, 0.29) is 0 Å². The van der Waals surface area contributed by atoms with Crippen LogP contribution in [0.15, 0.2) is 182 Å². The van der Waals surface area contributed by atoms with Crippen LogP contribution in [0.5, 0.6) is 0 Å². The predicted octanol–water partition coefficient (Wildman–Crippen LogP) is 12.2. The van der Waals surface area contributed by atoms with E-state index >= 15 is 0 Å². The molecule has 4 heteroatoms. The minimum atomic E-state index is 0.713. The van der Waals surface area contributed by atoms with Crippen molar-refractivity contribution in [1.29, 1.82) is 0 Å². The molecule has 10 rings (SSSR count). The molecule has 0 aliphatic heterocycles. The van der Waals surface area contributed by atoms with Crippen molar-refractivity contribution in [3.63, 3.8) is 0 Å². The van der Waals surface area contributed by atoms with Gasteiger partial charge in [0.05, 0.1) is 33.6 Å². The molecule has 52 heavy (non-hydrogen) atoms. The zero-order valence-electron chi connectivity index (χ0n) is 28.1. The SMILES string of the molecule is c1ccc(-c2ccc3ccc4c5ccccc5nc(-c5ccc(-c6ccc(-c7nc(-c8ccccc8)c8ccccc8n7)cc6)cc5)c4c3n2)cc1. The molecule has 0 unspecified atom stereocenters. The molecule has 4 nitrogen and oxygen atoms in total. The van der Waals surface area contributed by atoms with Gasteiger partial charge < -0.3 is 0 Å². The normalized spacial score (nSPS) is 11.5. The number of hydrogen-bond acceptors (Lipinski definition) is 4. The number of rotatable bonds is 5. The van der Waals surface area contributed by atoms with Crippen LogP contribution in [0.2, 0.25) is 0 Å². The van der Waals surface area contributed by atoms with Crippen molar-refractivity contribution in [2.75, 3.05) is 0 Å². The van der Waals surface area contributed by atoms with Crippen molar-refractivity contribution in [3.8, 4) is 56.3 Å². The molecule has 0 saturated carbocycles. The second kappa shape index (κ2) is 12.4. The minimum absolute atomic E-state index is 0.713. The van der Waals surface area contributed by atoms with Crippen LogP contribution in [0, 0.1) is 0 Å². The number of nitrogens with zero attached hydrogens (tertiary/aromatic N) is 4. The van der Waals surface area contributed by atoms with Gasteiger partial charge in [0.2, 0.25) is 0 Å². The summed E-state index contributed by atoms with van der Waals surface area (Å²) in [4.78, 5) is 20.5. The maximum absolute atomic E-state index is 5.27. The Morgan fingerprint density at radius 3 is 1.54 bits per heavy atom. The number of pyridine rings is 2. The van der Waals surface area contributed by atoms with Gasteiger partial charge in [-0.05, 0) is 34.7 Å². The summed E-state index contributed by atoms with van der Waals surface area (Å²) < 4.78 is 0. The van der Waals surface area contributed by atoms with E-state index in [0.29, 0.717) is 5.82 Å². The lowest BCUT2D eigenvalue weighted by atomic mass is 9.95. The van der Waals surface area contributed by atoms with E-state index in [1.807, 2.05) is 36.4 Å². The van der Waals surface area contributed by atoms with E-state index in [9.17, 15) is 0 Å². The molecule has 242 valence electrons. The number of para-hydroxylation sites is 2. The van der Waals surface area contributed by atoms with Crippen LogP contribution in [0.3, 0.4) is 0 Å². The highest BCUT2D eigenvalue weighted by Crippen LogP contribution is 2.38. The maximum atomic E-state index is 5.27. The summed E-state index contributed by atoms with van der Waals surface area (Å²) >= 11 is 0. The van der Waals surface area contributed by atoms with Crippen molar-refractivity contribution in [2.24, 2.45) is 0 Å². The van der Waals surface area contributed by atoms with Crippen LogP contribution in [0.1, 0.15) is 0 Å². The molecule has 3 aromatic heterocycles. The highest BCUT2D eigenvalue weighted by molar-refractivity contribution is 6.20. The van der Waals surface area contributed by atoms with Crippen molar-refractivity contribution in [1.82, 2.24) is 19.9 Å². The van der Waals surface area contributed by atoms with Gasteiger partial charge in [-0.2, -0.15) is 0 Å². The van der Waals surface area contributed by atoms with Crippen molar-refractivity contribution >= 4 is 43.5 Å². The minimum Gasteiger partial charge on any atom is -0.247 e. The van der Waals surface area contributed by atoms with Crippen LogP contribution < -0.4 is 0 Å². The molecular formula is C48H30N4. The van der Waals surface area contributed by atoms with Gasteiger partial charge in [0.1, 0.15) is 0 Å². The Balaban J connectivity index is 1.05. The zero-order valence-corrected chi connectivity index (χ0v) is 28.1. The second-order valence-electron chi connectivity index (χ2n) is 13.0. The van der Waals surface area contributed by atoms with Gasteiger partial charge in [0, 0.05) is 43.8 Å².